The standard InChI is InChI=1S/C27H36N6O6/c1-16-24(23-17(2)32-39-18(23)3)30-26(19-7-6-8-21(11-19)38-15-20(34)12-28-4)31-25(16)29-13-22-14-33(9-10-37-22)27(35)36-5/h6-8,11,20,22,28,34H,9-10,12-15H2,1-5H3,(H,29,30,31)/t20?,22-/m1/s1. The van der Waals surface area contributed by atoms with E-state index in [0.29, 0.717) is 61.6 Å². The number of carbonyl (C=O) groups is 1. The number of likely N-dealkylation sites (N-methyl/N-ethyl adjacent to an activating group) is 1. The first-order valence-electron chi connectivity index (χ1n) is 12.9. The second kappa shape index (κ2) is 12.9. The third-order valence-corrected chi connectivity index (χ3v) is 6.46. The van der Waals surface area contributed by atoms with Gasteiger partial charge in [-0.1, -0.05) is 17.3 Å². The SMILES string of the molecule is CNCC(O)COc1cccc(-c2nc(NC[C@@H]3CN(C(=O)OC)CCO3)c(C)c(-c3c(C)noc3C)n2)c1. The minimum atomic E-state index is -0.631. The maximum atomic E-state index is 12.0. The fourth-order valence-corrected chi connectivity index (χ4v) is 4.44. The molecule has 12 heteroatoms. The number of aromatic nitrogens is 3. The molecular formula is C27H36N6O6. The molecule has 2 atom stereocenters. The molecule has 1 fully saturated rings. The Labute approximate surface area is 227 Å². The van der Waals surface area contributed by atoms with E-state index in [1.54, 1.807) is 11.9 Å². The first kappa shape index (κ1) is 28.3. The molecule has 1 saturated heterocycles. The normalized spacial score (nSPS) is 16.2. The largest absolute Gasteiger partial charge is 0.491 e. The van der Waals surface area contributed by atoms with Crippen molar-refractivity contribution in [2.45, 2.75) is 33.0 Å². The van der Waals surface area contributed by atoms with Crippen LogP contribution in [-0.4, -0.2) is 97.0 Å². The van der Waals surface area contributed by atoms with Crippen molar-refractivity contribution >= 4 is 11.9 Å². The van der Waals surface area contributed by atoms with Crippen molar-refractivity contribution < 1.29 is 28.6 Å². The number of morpholine rings is 1. The molecule has 1 aromatic carbocycles. The van der Waals surface area contributed by atoms with Crippen molar-refractivity contribution in [3.05, 3.63) is 41.3 Å². The zero-order chi connectivity index (χ0) is 27.9. The second-order valence-electron chi connectivity index (χ2n) is 9.41. The smallest absolute Gasteiger partial charge is 0.409 e. The highest BCUT2D eigenvalue weighted by molar-refractivity contribution is 5.74. The summed E-state index contributed by atoms with van der Waals surface area (Å²) in [5, 5.41) is 20.5. The molecule has 0 aliphatic carbocycles. The highest BCUT2D eigenvalue weighted by atomic mass is 16.5. The summed E-state index contributed by atoms with van der Waals surface area (Å²) < 4.78 is 22.0. The lowest BCUT2D eigenvalue weighted by Gasteiger charge is -2.32. The fourth-order valence-electron chi connectivity index (χ4n) is 4.44. The molecule has 3 heterocycles. The highest BCUT2D eigenvalue weighted by Crippen LogP contribution is 2.33. The number of rotatable bonds is 10. The van der Waals surface area contributed by atoms with Gasteiger partial charge in [-0.05, 0) is 40.0 Å². The van der Waals surface area contributed by atoms with Crippen LogP contribution in [0.15, 0.2) is 28.8 Å². The predicted octanol–water partition coefficient (Wildman–Crippen LogP) is 2.56. The van der Waals surface area contributed by atoms with Crippen LogP contribution in [-0.2, 0) is 9.47 Å². The topological polar surface area (TPSA) is 144 Å². The van der Waals surface area contributed by atoms with Crippen LogP contribution in [0.2, 0.25) is 0 Å². The first-order valence-corrected chi connectivity index (χ1v) is 12.9. The number of ether oxygens (including phenoxy) is 3. The Kier molecular flexibility index (Phi) is 9.33. The number of hydrogen-bond donors (Lipinski definition) is 3. The van der Waals surface area contributed by atoms with Crippen molar-refractivity contribution in [2.24, 2.45) is 0 Å². The number of aryl methyl sites for hydroxylation is 2. The minimum absolute atomic E-state index is 0.153. The quantitative estimate of drug-likeness (QED) is 0.349. The number of hydrogen-bond acceptors (Lipinski definition) is 11. The van der Waals surface area contributed by atoms with Gasteiger partial charge < -0.3 is 39.4 Å². The number of benzene rings is 1. The molecular weight excluding hydrogens is 504 g/mol. The minimum Gasteiger partial charge on any atom is -0.491 e. The molecule has 39 heavy (non-hydrogen) atoms. The summed E-state index contributed by atoms with van der Waals surface area (Å²) in [6.45, 7) is 8.01. The number of methoxy groups -OCH3 is 1. The van der Waals surface area contributed by atoms with Gasteiger partial charge in [-0.15, -0.1) is 0 Å². The van der Waals surface area contributed by atoms with Crippen LogP contribution >= 0.6 is 0 Å². The Morgan fingerprint density at radius 2 is 2.10 bits per heavy atom. The van der Waals surface area contributed by atoms with E-state index in [4.69, 9.17) is 28.7 Å². The Morgan fingerprint density at radius 3 is 2.82 bits per heavy atom. The van der Waals surface area contributed by atoms with Crippen molar-refractivity contribution in [1.82, 2.24) is 25.3 Å². The van der Waals surface area contributed by atoms with Crippen LogP contribution in [0.1, 0.15) is 17.0 Å². The van der Waals surface area contributed by atoms with Gasteiger partial charge in [0.1, 0.15) is 30.0 Å². The lowest BCUT2D eigenvalue weighted by molar-refractivity contribution is -0.0176. The third kappa shape index (κ3) is 6.83. The lowest BCUT2D eigenvalue weighted by Crippen LogP contribution is -2.47. The van der Waals surface area contributed by atoms with E-state index in [-0.39, 0.29) is 18.8 Å². The maximum absolute atomic E-state index is 12.0. The van der Waals surface area contributed by atoms with E-state index in [9.17, 15) is 9.90 Å². The van der Waals surface area contributed by atoms with Crippen LogP contribution in [0.3, 0.4) is 0 Å². The summed E-state index contributed by atoms with van der Waals surface area (Å²) in [6, 6.07) is 7.43. The molecule has 4 rings (SSSR count). The summed E-state index contributed by atoms with van der Waals surface area (Å²) >= 11 is 0. The number of aliphatic hydroxyl groups excluding tert-OH is 1. The van der Waals surface area contributed by atoms with Gasteiger partial charge in [0.15, 0.2) is 5.82 Å². The molecule has 0 saturated carbocycles. The monoisotopic (exact) mass is 540 g/mol. The van der Waals surface area contributed by atoms with Crippen molar-refractivity contribution in [2.75, 3.05) is 58.9 Å². The number of nitrogens with zero attached hydrogens (tertiary/aromatic N) is 4. The Morgan fingerprint density at radius 1 is 1.28 bits per heavy atom. The van der Waals surface area contributed by atoms with Gasteiger partial charge in [-0.3, -0.25) is 0 Å². The molecule has 3 N–H and O–H groups in total. The Balaban J connectivity index is 1.64. The molecule has 3 aromatic rings. The van der Waals surface area contributed by atoms with Gasteiger partial charge in [-0.2, -0.15) is 0 Å². The van der Waals surface area contributed by atoms with Crippen molar-refractivity contribution in [1.29, 1.82) is 0 Å². The van der Waals surface area contributed by atoms with E-state index in [1.807, 2.05) is 45.0 Å². The Hall–Kier alpha value is -3.74. The van der Waals surface area contributed by atoms with Crippen LogP contribution in [0.5, 0.6) is 5.75 Å². The van der Waals surface area contributed by atoms with Crippen molar-refractivity contribution in [3.8, 4) is 28.4 Å². The fraction of sp³-hybridized carbons (Fsp3) is 0.481. The summed E-state index contributed by atoms with van der Waals surface area (Å²) in [6.07, 6.45) is -1.24. The molecule has 0 spiro atoms. The molecule has 1 aliphatic heterocycles. The summed E-state index contributed by atoms with van der Waals surface area (Å²) in [4.78, 5) is 23.4. The van der Waals surface area contributed by atoms with E-state index < -0.39 is 6.10 Å². The van der Waals surface area contributed by atoms with Gasteiger partial charge in [0.25, 0.3) is 0 Å². The summed E-state index contributed by atoms with van der Waals surface area (Å²) in [5.74, 6) is 2.37. The number of nitrogens with one attached hydrogen (secondary N) is 2. The van der Waals surface area contributed by atoms with E-state index in [0.717, 1.165) is 22.4 Å². The maximum Gasteiger partial charge on any atom is 0.409 e. The zero-order valence-electron chi connectivity index (χ0n) is 23.0. The average molecular weight is 541 g/mol. The first-order chi connectivity index (χ1) is 18.8. The molecule has 1 unspecified atom stereocenters. The average Bonchev–Trinajstić information content (AvgIpc) is 3.28. The lowest BCUT2D eigenvalue weighted by atomic mass is 10.0. The summed E-state index contributed by atoms with van der Waals surface area (Å²) in [5.41, 5.74) is 3.82. The van der Waals surface area contributed by atoms with Gasteiger partial charge in [0.2, 0.25) is 0 Å². The van der Waals surface area contributed by atoms with Crippen LogP contribution in [0.25, 0.3) is 22.6 Å². The molecule has 12 nitrogen and oxygen atoms in total. The van der Waals surface area contributed by atoms with Crippen molar-refractivity contribution in [3.63, 3.8) is 0 Å². The zero-order valence-corrected chi connectivity index (χ0v) is 23.0. The number of anilines is 1. The van der Waals surface area contributed by atoms with Gasteiger partial charge in [0, 0.05) is 30.8 Å². The molecule has 2 aromatic heterocycles. The third-order valence-electron chi connectivity index (χ3n) is 6.46. The van der Waals surface area contributed by atoms with Gasteiger partial charge in [-0.25, -0.2) is 14.8 Å². The molecule has 0 bridgehead atoms. The van der Waals surface area contributed by atoms with E-state index in [2.05, 4.69) is 15.8 Å². The number of carbonyl (C=O) groups excluding carboxylic acids is 1. The second-order valence-corrected chi connectivity index (χ2v) is 9.41. The van der Waals surface area contributed by atoms with E-state index in [1.165, 1.54) is 7.11 Å². The molecule has 210 valence electrons. The van der Waals surface area contributed by atoms with Crippen LogP contribution in [0, 0.1) is 20.8 Å². The van der Waals surface area contributed by atoms with E-state index >= 15 is 0 Å². The molecule has 1 amide bonds. The van der Waals surface area contributed by atoms with Gasteiger partial charge >= 0.3 is 6.09 Å². The number of amides is 1. The number of aliphatic hydroxyl groups is 1. The predicted molar refractivity (Wildman–Crippen MR) is 145 cm³/mol. The molecule has 1 aliphatic rings. The van der Waals surface area contributed by atoms with Crippen LogP contribution in [0.4, 0.5) is 10.6 Å². The summed E-state index contributed by atoms with van der Waals surface area (Å²) in [7, 11) is 3.15. The molecule has 0 radical (unpaired) electrons. The van der Waals surface area contributed by atoms with Crippen LogP contribution < -0.4 is 15.4 Å². The Bertz CT molecular complexity index is 1260. The van der Waals surface area contributed by atoms with Gasteiger partial charge in [0.05, 0.1) is 43.3 Å². The highest BCUT2D eigenvalue weighted by Gasteiger charge is 2.26.